The van der Waals surface area contributed by atoms with Crippen LogP contribution < -0.4 is 10.2 Å². The first kappa shape index (κ1) is 8.51. The average Bonchev–Trinajstić information content (AvgIpc) is 2.02. The highest BCUT2D eigenvalue weighted by Gasteiger charge is 2.17. The summed E-state index contributed by atoms with van der Waals surface area (Å²) in [6, 6.07) is 3.25. The Morgan fingerprint density at radius 1 is 1.54 bits per heavy atom. The number of aromatic hydroxyl groups is 1. The lowest BCUT2D eigenvalue weighted by Crippen LogP contribution is -2.30. The summed E-state index contributed by atoms with van der Waals surface area (Å²) in [6.07, 6.45) is 0. The molecule has 1 heterocycles. The monoisotopic (exact) mass is 198 g/mol. The lowest BCUT2D eigenvalue weighted by Gasteiger charge is -2.29. The highest BCUT2D eigenvalue weighted by Crippen LogP contribution is 2.38. The van der Waals surface area contributed by atoms with Crippen molar-refractivity contribution in [3.05, 3.63) is 17.2 Å². The third-order valence-electron chi connectivity index (χ3n) is 2.19. The fourth-order valence-corrected chi connectivity index (χ4v) is 1.94. The number of phenols is 1. The quantitative estimate of drug-likeness (QED) is 0.669. The number of nitrogens with zero attached hydrogens (tertiary/aromatic N) is 1. The molecule has 0 unspecified atom stereocenters. The van der Waals surface area contributed by atoms with Gasteiger partial charge in [-0.25, -0.2) is 0 Å². The van der Waals surface area contributed by atoms with Crippen LogP contribution in [-0.4, -0.2) is 25.2 Å². The molecule has 0 saturated carbocycles. The van der Waals surface area contributed by atoms with Gasteiger partial charge in [0, 0.05) is 32.3 Å². The molecule has 1 aromatic carbocycles. The minimum Gasteiger partial charge on any atom is -0.508 e. The van der Waals surface area contributed by atoms with Gasteiger partial charge in [0.1, 0.15) is 5.75 Å². The second-order valence-corrected chi connectivity index (χ2v) is 3.58. The van der Waals surface area contributed by atoms with Gasteiger partial charge < -0.3 is 15.3 Å². The van der Waals surface area contributed by atoms with Crippen molar-refractivity contribution in [2.45, 2.75) is 0 Å². The first-order valence-electron chi connectivity index (χ1n) is 4.16. The predicted octanol–water partition coefficient (Wildman–Crippen LogP) is 1.91. The first-order chi connectivity index (χ1) is 6.18. The first-order valence-corrected chi connectivity index (χ1v) is 4.54. The van der Waals surface area contributed by atoms with E-state index in [0.29, 0.717) is 5.02 Å². The van der Waals surface area contributed by atoms with E-state index < -0.39 is 0 Å². The van der Waals surface area contributed by atoms with Gasteiger partial charge in [0.25, 0.3) is 0 Å². The van der Waals surface area contributed by atoms with Crippen LogP contribution >= 0.6 is 11.6 Å². The topological polar surface area (TPSA) is 35.5 Å². The van der Waals surface area contributed by atoms with Crippen LogP contribution in [0.2, 0.25) is 5.02 Å². The molecule has 0 fully saturated rings. The highest BCUT2D eigenvalue weighted by molar-refractivity contribution is 6.34. The lowest BCUT2D eigenvalue weighted by atomic mass is 10.2. The van der Waals surface area contributed by atoms with Gasteiger partial charge in [-0.2, -0.15) is 0 Å². The maximum absolute atomic E-state index is 9.31. The van der Waals surface area contributed by atoms with Gasteiger partial charge in [0.15, 0.2) is 0 Å². The van der Waals surface area contributed by atoms with E-state index in [1.807, 2.05) is 7.05 Å². The van der Waals surface area contributed by atoms with Gasteiger partial charge in [0.05, 0.1) is 16.4 Å². The van der Waals surface area contributed by atoms with Crippen molar-refractivity contribution in [3.8, 4) is 5.75 Å². The number of fused-ring (bicyclic) bond motifs is 1. The van der Waals surface area contributed by atoms with E-state index in [9.17, 15) is 5.11 Å². The number of hydrogen-bond donors (Lipinski definition) is 2. The van der Waals surface area contributed by atoms with E-state index in [2.05, 4.69) is 10.2 Å². The molecule has 70 valence electrons. The largest absolute Gasteiger partial charge is 0.508 e. The van der Waals surface area contributed by atoms with Gasteiger partial charge >= 0.3 is 0 Å². The molecule has 1 aliphatic heterocycles. The Morgan fingerprint density at radius 2 is 2.31 bits per heavy atom. The Hall–Kier alpha value is -1.09. The SMILES string of the molecule is CN1CCNc2cc(O)cc(Cl)c21. The zero-order valence-corrected chi connectivity index (χ0v) is 8.10. The second kappa shape index (κ2) is 3.00. The number of benzene rings is 1. The molecule has 1 aliphatic rings. The number of halogens is 1. The molecule has 4 heteroatoms. The normalized spacial score (nSPS) is 15.1. The summed E-state index contributed by atoms with van der Waals surface area (Å²) >= 11 is 6.00. The molecule has 3 nitrogen and oxygen atoms in total. The molecule has 0 radical (unpaired) electrons. The molecule has 2 rings (SSSR count). The number of phenolic OH excluding ortho intramolecular Hbond substituents is 1. The second-order valence-electron chi connectivity index (χ2n) is 3.17. The Morgan fingerprint density at radius 3 is 3.08 bits per heavy atom. The molecule has 0 bridgehead atoms. The Balaban J connectivity index is 2.56. The van der Waals surface area contributed by atoms with Gasteiger partial charge in [0.2, 0.25) is 0 Å². The fourth-order valence-electron chi connectivity index (χ4n) is 1.58. The maximum Gasteiger partial charge on any atom is 0.119 e. The summed E-state index contributed by atoms with van der Waals surface area (Å²) in [4.78, 5) is 2.08. The standard InChI is InChI=1S/C9H11ClN2O/c1-12-3-2-11-8-5-6(13)4-7(10)9(8)12/h4-5,11,13H,2-3H2,1H3. The summed E-state index contributed by atoms with van der Waals surface area (Å²) in [7, 11) is 1.99. The Labute approximate surface area is 81.9 Å². The van der Waals surface area contributed by atoms with Crippen molar-refractivity contribution in [2.24, 2.45) is 0 Å². The smallest absolute Gasteiger partial charge is 0.119 e. The van der Waals surface area contributed by atoms with Crippen LogP contribution in [0.3, 0.4) is 0 Å². The van der Waals surface area contributed by atoms with Crippen molar-refractivity contribution < 1.29 is 5.11 Å². The van der Waals surface area contributed by atoms with Gasteiger partial charge in [-0.05, 0) is 0 Å². The number of likely N-dealkylation sites (N-methyl/N-ethyl adjacent to an activating group) is 1. The van der Waals surface area contributed by atoms with Crippen LogP contribution in [0.5, 0.6) is 5.75 Å². The molecular weight excluding hydrogens is 188 g/mol. The van der Waals surface area contributed by atoms with Gasteiger partial charge in [-0.15, -0.1) is 0 Å². The molecule has 2 N–H and O–H groups in total. The summed E-state index contributed by atoms with van der Waals surface area (Å²) < 4.78 is 0. The van der Waals surface area contributed by atoms with Crippen LogP contribution in [0.1, 0.15) is 0 Å². The molecule has 0 saturated heterocycles. The zero-order chi connectivity index (χ0) is 9.42. The molecule has 0 aromatic heterocycles. The molecule has 1 aromatic rings. The van der Waals surface area contributed by atoms with E-state index in [-0.39, 0.29) is 5.75 Å². The van der Waals surface area contributed by atoms with Crippen LogP contribution in [0.4, 0.5) is 11.4 Å². The van der Waals surface area contributed by atoms with Crippen LogP contribution in [0.15, 0.2) is 12.1 Å². The third-order valence-corrected chi connectivity index (χ3v) is 2.48. The maximum atomic E-state index is 9.31. The number of anilines is 2. The van der Waals surface area contributed by atoms with Crippen LogP contribution in [0.25, 0.3) is 0 Å². The van der Waals surface area contributed by atoms with E-state index >= 15 is 0 Å². The van der Waals surface area contributed by atoms with E-state index in [1.165, 1.54) is 0 Å². The molecule has 13 heavy (non-hydrogen) atoms. The molecule has 0 atom stereocenters. The van der Waals surface area contributed by atoms with E-state index in [1.54, 1.807) is 12.1 Å². The van der Waals surface area contributed by atoms with Crippen molar-refractivity contribution in [1.82, 2.24) is 0 Å². The average molecular weight is 199 g/mol. The van der Waals surface area contributed by atoms with Gasteiger partial charge in [-0.1, -0.05) is 11.6 Å². The highest BCUT2D eigenvalue weighted by atomic mass is 35.5. The molecular formula is C9H11ClN2O. The zero-order valence-electron chi connectivity index (χ0n) is 7.34. The van der Waals surface area contributed by atoms with E-state index in [4.69, 9.17) is 11.6 Å². The van der Waals surface area contributed by atoms with Crippen LogP contribution in [0, 0.1) is 0 Å². The van der Waals surface area contributed by atoms with Crippen LogP contribution in [-0.2, 0) is 0 Å². The summed E-state index contributed by atoms with van der Waals surface area (Å²) in [6.45, 7) is 1.81. The Kier molecular flexibility index (Phi) is 1.96. The van der Waals surface area contributed by atoms with Gasteiger partial charge in [-0.3, -0.25) is 0 Å². The van der Waals surface area contributed by atoms with Crippen molar-refractivity contribution >= 4 is 23.0 Å². The minimum absolute atomic E-state index is 0.201. The molecule has 0 amide bonds. The summed E-state index contributed by atoms with van der Waals surface area (Å²) in [5, 5.41) is 13.1. The molecule has 0 spiro atoms. The molecule has 0 aliphatic carbocycles. The Bertz CT molecular complexity index is 341. The van der Waals surface area contributed by atoms with Crippen molar-refractivity contribution in [3.63, 3.8) is 0 Å². The summed E-state index contributed by atoms with van der Waals surface area (Å²) in [5.41, 5.74) is 1.87. The number of rotatable bonds is 0. The van der Waals surface area contributed by atoms with Crippen molar-refractivity contribution in [2.75, 3.05) is 30.4 Å². The minimum atomic E-state index is 0.201. The number of nitrogens with one attached hydrogen (secondary N) is 1. The fraction of sp³-hybridized carbons (Fsp3) is 0.333. The van der Waals surface area contributed by atoms with E-state index in [0.717, 1.165) is 24.5 Å². The predicted molar refractivity (Wildman–Crippen MR) is 54.9 cm³/mol. The lowest BCUT2D eigenvalue weighted by molar-refractivity contribution is 0.475. The summed E-state index contributed by atoms with van der Waals surface area (Å²) in [5.74, 6) is 0.201. The van der Waals surface area contributed by atoms with Crippen molar-refractivity contribution in [1.29, 1.82) is 0 Å². The number of hydrogen-bond acceptors (Lipinski definition) is 3. The third kappa shape index (κ3) is 1.40.